The number of fused-ring (bicyclic) bond motifs is 5. The van der Waals surface area contributed by atoms with Gasteiger partial charge in [-0.2, -0.15) is 5.26 Å². The van der Waals surface area contributed by atoms with Gasteiger partial charge in [0, 0.05) is 65.0 Å². The van der Waals surface area contributed by atoms with Crippen molar-refractivity contribution in [2.45, 2.75) is 19.9 Å². The number of anilines is 2. The number of amides is 2. The van der Waals surface area contributed by atoms with Crippen molar-refractivity contribution in [2.75, 3.05) is 24.7 Å². The molecule has 16 heteroatoms. The molecule has 0 saturated carbocycles. The fraction of sp³-hybridized carbons (Fsp3) is 0.184. The molecule has 2 amide bonds. The Hall–Kier alpha value is -3.57. The van der Waals surface area contributed by atoms with Crippen LogP contribution in [-0.2, 0) is 24.6 Å². The van der Waals surface area contributed by atoms with Gasteiger partial charge in [0.2, 0.25) is 0 Å². The fourth-order valence-corrected chi connectivity index (χ4v) is 7.16. The summed E-state index contributed by atoms with van der Waals surface area (Å²) in [7, 11) is -3.56. The summed E-state index contributed by atoms with van der Waals surface area (Å²) in [5.74, 6) is 0.0645. The number of hydrogen-bond acceptors (Lipinski definition) is 9. The van der Waals surface area contributed by atoms with E-state index in [0.717, 1.165) is 11.1 Å². The Morgan fingerprint density at radius 3 is 2.33 bits per heavy atom. The van der Waals surface area contributed by atoms with E-state index in [1.807, 2.05) is 22.8 Å². The van der Waals surface area contributed by atoms with E-state index < -0.39 is 13.7 Å². The summed E-state index contributed by atoms with van der Waals surface area (Å²) in [6, 6.07) is 24.6. The number of halogens is 1. The number of phosphoric acid groups is 1. The number of ether oxygens (including phenoxy) is 2. The van der Waals surface area contributed by atoms with E-state index in [1.165, 1.54) is 35.2 Å². The van der Waals surface area contributed by atoms with Gasteiger partial charge in [0.05, 0.1) is 22.9 Å². The Labute approximate surface area is 361 Å². The average Bonchev–Trinajstić information content (AvgIpc) is 3.42. The molecule has 0 aliphatic carbocycles. The maximum Gasteiger partial charge on any atom is 1.00 e. The third-order valence-electron chi connectivity index (χ3n) is 9.17. The molecule has 4 aromatic carbocycles. The molecule has 0 spiro atoms. The van der Waals surface area contributed by atoms with Gasteiger partial charge in [0.1, 0.15) is 38.3 Å². The standard InChI is InChI=1S/C38H32ClN4O8P.2Na/c1-23-33-20-35(41(23)2)34-18-26(39)6-11-32(34)37(44)42-13-12-31-25(22-42)4-3-5-36(31)50-15-14-49-30-17-24(21-40)16-28(19-30)43(38(33)45)27-7-9-29(10-8-27)51-52(46,47)48;;/h3-11,16-20H,12-15,22H2,1-2H3,(H2,46,47,48);;/q;2*+1/p-2. The van der Waals surface area contributed by atoms with Gasteiger partial charge in [-0.3, -0.25) is 14.5 Å². The fourth-order valence-electron chi connectivity index (χ4n) is 6.60. The maximum atomic E-state index is 14.8. The van der Waals surface area contributed by atoms with Crippen molar-refractivity contribution in [2.24, 2.45) is 7.05 Å². The van der Waals surface area contributed by atoms with Crippen molar-refractivity contribution in [3.05, 3.63) is 123 Å². The maximum absolute atomic E-state index is 14.8. The summed E-state index contributed by atoms with van der Waals surface area (Å²) in [6.45, 7) is 2.91. The molecule has 0 radical (unpaired) electrons. The Kier molecular flexibility index (Phi) is 13.1. The van der Waals surface area contributed by atoms with Crippen molar-refractivity contribution in [1.29, 1.82) is 5.26 Å². The van der Waals surface area contributed by atoms with Crippen LogP contribution in [0.2, 0.25) is 5.02 Å². The minimum absolute atomic E-state index is 0. The number of nitriles is 1. The van der Waals surface area contributed by atoms with Crippen LogP contribution in [0.5, 0.6) is 17.2 Å². The number of phosphoric ester groups is 1. The molecule has 3 aliphatic rings. The first-order valence-electron chi connectivity index (χ1n) is 16.2. The molecule has 5 aromatic rings. The minimum Gasteiger partial charge on any atom is -0.780 e. The predicted octanol–water partition coefficient (Wildman–Crippen LogP) is -0.311. The quantitative estimate of drug-likeness (QED) is 0.177. The first kappa shape index (κ1) is 41.6. The summed E-state index contributed by atoms with van der Waals surface area (Å²) in [4.78, 5) is 54.7. The first-order chi connectivity index (χ1) is 24.9. The van der Waals surface area contributed by atoms with Crippen molar-refractivity contribution >= 4 is 42.6 Å². The van der Waals surface area contributed by atoms with Crippen molar-refractivity contribution in [3.8, 4) is 34.6 Å². The van der Waals surface area contributed by atoms with Crippen LogP contribution in [0.4, 0.5) is 11.4 Å². The normalized spacial score (nSPS) is 14.1. The summed E-state index contributed by atoms with van der Waals surface area (Å²) in [5, 5.41) is 10.4. The minimum atomic E-state index is -5.34. The monoisotopic (exact) mass is 782 g/mol. The zero-order chi connectivity index (χ0) is 36.7. The summed E-state index contributed by atoms with van der Waals surface area (Å²) < 4.78 is 29.8. The van der Waals surface area contributed by atoms with Crippen LogP contribution in [0.3, 0.4) is 0 Å². The molecular formula is C38H30ClN4Na2O8P. The zero-order valence-electron chi connectivity index (χ0n) is 30.0. The summed E-state index contributed by atoms with van der Waals surface area (Å²) >= 11 is 6.52. The van der Waals surface area contributed by atoms with E-state index >= 15 is 0 Å². The second kappa shape index (κ2) is 17.1. The van der Waals surface area contributed by atoms with E-state index in [-0.39, 0.29) is 106 Å². The van der Waals surface area contributed by atoms with Crippen LogP contribution in [0.25, 0.3) is 11.3 Å². The van der Waals surface area contributed by atoms with Crippen LogP contribution in [0.15, 0.2) is 84.9 Å². The number of carbonyl (C=O) groups excluding carboxylic acids is 2. The first-order valence-corrected chi connectivity index (χ1v) is 18.1. The molecule has 4 heterocycles. The Balaban J connectivity index is 0.00000280. The molecule has 12 nitrogen and oxygen atoms in total. The van der Waals surface area contributed by atoms with Crippen LogP contribution in [0, 0.1) is 18.3 Å². The van der Waals surface area contributed by atoms with Gasteiger partial charge >= 0.3 is 59.1 Å². The van der Waals surface area contributed by atoms with Crippen LogP contribution < -0.4 is 87.8 Å². The second-order valence-electron chi connectivity index (χ2n) is 12.3. The summed E-state index contributed by atoms with van der Waals surface area (Å²) in [6.07, 6.45) is 0.590. The van der Waals surface area contributed by atoms with Gasteiger partial charge in [-0.25, -0.2) is 0 Å². The number of benzene rings is 4. The number of hydrogen-bond donors (Lipinski definition) is 0. The molecule has 8 bridgehead atoms. The average molecular weight is 783 g/mol. The van der Waals surface area contributed by atoms with E-state index in [0.29, 0.717) is 58.5 Å². The van der Waals surface area contributed by atoms with Gasteiger partial charge in [0.15, 0.2) is 0 Å². The van der Waals surface area contributed by atoms with Gasteiger partial charge < -0.3 is 37.8 Å². The number of carbonyl (C=O) groups is 2. The van der Waals surface area contributed by atoms with Crippen LogP contribution in [0.1, 0.15) is 43.1 Å². The predicted molar refractivity (Wildman–Crippen MR) is 189 cm³/mol. The van der Waals surface area contributed by atoms with E-state index in [9.17, 15) is 29.2 Å². The van der Waals surface area contributed by atoms with Gasteiger partial charge in [0.25, 0.3) is 11.8 Å². The summed E-state index contributed by atoms with van der Waals surface area (Å²) in [5.41, 5.74) is 5.10. The number of rotatable bonds is 3. The van der Waals surface area contributed by atoms with Crippen molar-refractivity contribution < 1.29 is 97.1 Å². The van der Waals surface area contributed by atoms with Crippen LogP contribution >= 0.6 is 19.4 Å². The molecule has 0 fully saturated rings. The van der Waals surface area contributed by atoms with E-state index in [1.54, 1.807) is 55.3 Å². The van der Waals surface area contributed by atoms with Crippen molar-refractivity contribution in [1.82, 2.24) is 9.47 Å². The number of aromatic nitrogens is 1. The molecule has 264 valence electrons. The smallest absolute Gasteiger partial charge is 0.780 e. The van der Waals surface area contributed by atoms with Crippen LogP contribution in [-0.4, -0.2) is 41.0 Å². The third kappa shape index (κ3) is 8.62. The second-order valence-corrected chi connectivity index (χ2v) is 13.9. The molecule has 0 unspecified atom stereocenters. The van der Waals surface area contributed by atoms with E-state index in [4.69, 9.17) is 21.1 Å². The SMILES string of the molecule is Cc1c2cc(n1C)-c1cc(Cl)ccc1C(=O)N1CCc3c(cccc3OCCOc3cc(C#N)cc(c3)N(c3ccc(OP(=O)([O-])[O-])cc3)C2=O)C1.[Na+].[Na+]. The molecule has 0 N–H and O–H groups in total. The molecule has 0 atom stereocenters. The molecule has 3 aliphatic heterocycles. The van der Waals surface area contributed by atoms with Gasteiger partial charge in [-0.1, -0.05) is 23.7 Å². The molecular weight excluding hydrogens is 753 g/mol. The Bertz CT molecular complexity index is 2340. The molecule has 8 rings (SSSR count). The Morgan fingerprint density at radius 2 is 1.61 bits per heavy atom. The van der Waals surface area contributed by atoms with Gasteiger partial charge in [-0.05, 0) is 85.6 Å². The zero-order valence-corrected chi connectivity index (χ0v) is 35.6. The molecule has 0 saturated heterocycles. The van der Waals surface area contributed by atoms with Gasteiger partial charge in [-0.15, -0.1) is 0 Å². The molecule has 54 heavy (non-hydrogen) atoms. The van der Waals surface area contributed by atoms with E-state index in [2.05, 4.69) is 10.6 Å². The topological polar surface area (TPSA) is 160 Å². The molecule has 1 aromatic heterocycles. The van der Waals surface area contributed by atoms with Crippen molar-refractivity contribution in [3.63, 3.8) is 0 Å². The number of nitrogens with zero attached hydrogens (tertiary/aromatic N) is 4. The Morgan fingerprint density at radius 1 is 0.870 bits per heavy atom. The third-order valence-corrected chi connectivity index (χ3v) is 9.84. The largest absolute Gasteiger partial charge is 1.00 e.